The average molecular weight is 599 g/mol. The van der Waals surface area contributed by atoms with Gasteiger partial charge in [0.25, 0.3) is 0 Å². The molecule has 0 aliphatic heterocycles. The van der Waals surface area contributed by atoms with Crippen molar-refractivity contribution >= 4 is 12.1 Å². The van der Waals surface area contributed by atoms with Crippen LogP contribution in [0.5, 0.6) is 0 Å². The van der Waals surface area contributed by atoms with Crippen LogP contribution in [0.4, 0.5) is 0 Å². The third-order valence-corrected chi connectivity index (χ3v) is 5.87. The fourth-order valence-electron chi connectivity index (χ4n) is 4.72. The van der Waals surface area contributed by atoms with Crippen LogP contribution >= 0.6 is 0 Å². The summed E-state index contributed by atoms with van der Waals surface area (Å²) in [4.78, 5) is 21.5. The Balaban J connectivity index is 0.000000660. The smallest absolute Gasteiger partial charge is 0.542 e. The standard InChI is InChI=1S/C23H25O.C2H3O.U/c1-15-11-20(18-7-5-3-4-6-8-18)12-16(2)22(15)21-14-17-9-10-19(13-17)23(21)24;1-2-3;/h3-5,7-8,11,16-17,19H,6,9-10,12-13H2,1-2H3;1H3;/q2*-1;+2/t16?,17-,19+;;/m0../s1. The molecule has 0 radical (unpaired) electrons. The molecule has 0 amide bonds. The molecule has 144 valence electrons. The van der Waals surface area contributed by atoms with Crippen LogP contribution < -0.4 is 0 Å². The van der Waals surface area contributed by atoms with Crippen LogP contribution in [0.15, 0.2) is 64.3 Å². The van der Waals surface area contributed by atoms with E-state index in [0.29, 0.717) is 17.6 Å². The third kappa shape index (κ3) is 5.05. The van der Waals surface area contributed by atoms with E-state index in [2.05, 4.69) is 56.4 Å². The molecule has 0 aromatic rings. The summed E-state index contributed by atoms with van der Waals surface area (Å²) in [6, 6.07) is 0. The van der Waals surface area contributed by atoms with Gasteiger partial charge in [0.05, 0.1) is 5.78 Å². The Morgan fingerprint density at radius 1 is 1.21 bits per heavy atom. The second-order valence-corrected chi connectivity index (χ2v) is 7.85. The zero-order valence-electron chi connectivity index (χ0n) is 17.0. The van der Waals surface area contributed by atoms with E-state index in [9.17, 15) is 4.79 Å². The van der Waals surface area contributed by atoms with Gasteiger partial charge in [0, 0.05) is 0 Å². The van der Waals surface area contributed by atoms with Gasteiger partial charge in [-0.3, -0.25) is 6.29 Å². The number of carbonyl (C=O) groups excluding carboxylic acids is 2. The molecule has 0 spiro atoms. The molecular formula is C25H28O2U. The first kappa shape index (κ1) is 23.1. The van der Waals surface area contributed by atoms with E-state index in [1.807, 2.05) is 0 Å². The molecule has 4 rings (SSSR count). The summed E-state index contributed by atoms with van der Waals surface area (Å²) in [5.74, 6) is 1.53. The fraction of sp³-hybridized carbons (Fsp3) is 0.440. The van der Waals surface area contributed by atoms with Gasteiger partial charge in [-0.1, -0.05) is 81.4 Å². The maximum Gasteiger partial charge on any atom is 2.00 e. The molecule has 1 unspecified atom stereocenters. The number of carbonyl (C=O) groups is 1. The topological polar surface area (TPSA) is 34.1 Å². The molecule has 0 saturated heterocycles. The van der Waals surface area contributed by atoms with Gasteiger partial charge in [0.2, 0.25) is 0 Å². The summed E-state index contributed by atoms with van der Waals surface area (Å²) in [7, 11) is 0. The number of hydrogen-bond donors (Lipinski definition) is 0. The van der Waals surface area contributed by atoms with Crippen molar-refractivity contribution in [3.63, 3.8) is 0 Å². The van der Waals surface area contributed by atoms with Crippen LogP contribution in [0.1, 0.15) is 52.9 Å². The van der Waals surface area contributed by atoms with Crippen LogP contribution in [-0.4, -0.2) is 12.1 Å². The Bertz CT molecular complexity index is 804. The molecule has 1 saturated carbocycles. The van der Waals surface area contributed by atoms with Crippen LogP contribution in [-0.2, 0) is 9.59 Å². The molecule has 4 aliphatic rings. The number of hydrogen-bond acceptors (Lipinski definition) is 2. The van der Waals surface area contributed by atoms with Crippen molar-refractivity contribution in [3.05, 3.63) is 70.4 Å². The van der Waals surface area contributed by atoms with E-state index in [-0.39, 0.29) is 37.0 Å². The molecule has 4 aliphatic carbocycles. The molecule has 3 heteroatoms. The largest absolute Gasteiger partial charge is 2.00 e. The molecular weight excluding hydrogens is 570 g/mol. The minimum Gasteiger partial charge on any atom is -0.542 e. The van der Waals surface area contributed by atoms with E-state index in [0.717, 1.165) is 37.7 Å². The molecule has 1 fully saturated rings. The summed E-state index contributed by atoms with van der Waals surface area (Å²) in [5.41, 5.74) is 6.18. The van der Waals surface area contributed by atoms with Crippen molar-refractivity contribution in [2.75, 3.05) is 0 Å². The van der Waals surface area contributed by atoms with Gasteiger partial charge in [0.1, 0.15) is 0 Å². The first-order valence-electron chi connectivity index (χ1n) is 9.97. The van der Waals surface area contributed by atoms with Gasteiger partial charge >= 0.3 is 31.1 Å². The first-order valence-corrected chi connectivity index (χ1v) is 9.97. The number of rotatable bonds is 2. The fourth-order valence-corrected chi connectivity index (χ4v) is 4.72. The zero-order valence-corrected chi connectivity index (χ0v) is 21.2. The third-order valence-electron chi connectivity index (χ3n) is 5.87. The Labute approximate surface area is 193 Å². The zero-order chi connectivity index (χ0) is 19.4. The minimum absolute atomic E-state index is 0. The van der Waals surface area contributed by atoms with Gasteiger partial charge in [0.15, 0.2) is 0 Å². The Hall–Kier alpha value is -1.17. The van der Waals surface area contributed by atoms with Gasteiger partial charge in [-0.15, -0.1) is 11.1 Å². The number of fused-ring (bicyclic) bond motifs is 2. The van der Waals surface area contributed by atoms with E-state index in [1.54, 1.807) is 0 Å². The monoisotopic (exact) mass is 598 g/mol. The molecule has 0 aromatic carbocycles. The van der Waals surface area contributed by atoms with E-state index in [4.69, 9.17) is 4.79 Å². The van der Waals surface area contributed by atoms with Crippen LogP contribution in [0.3, 0.4) is 0 Å². The van der Waals surface area contributed by atoms with E-state index >= 15 is 0 Å². The summed E-state index contributed by atoms with van der Waals surface area (Å²) in [6.45, 7) is 5.76. The van der Waals surface area contributed by atoms with E-state index in [1.165, 1.54) is 35.5 Å². The van der Waals surface area contributed by atoms with Gasteiger partial charge in [-0.2, -0.15) is 18.6 Å². The summed E-state index contributed by atoms with van der Waals surface area (Å²) in [5, 5.41) is 0. The molecule has 28 heavy (non-hydrogen) atoms. The van der Waals surface area contributed by atoms with Crippen molar-refractivity contribution in [1.29, 1.82) is 0 Å². The number of ketones is 1. The molecule has 3 atom stereocenters. The Morgan fingerprint density at radius 2 is 1.96 bits per heavy atom. The second-order valence-electron chi connectivity index (χ2n) is 7.85. The van der Waals surface area contributed by atoms with Gasteiger partial charge < -0.3 is 9.59 Å². The van der Waals surface area contributed by atoms with Crippen molar-refractivity contribution in [2.24, 2.45) is 17.8 Å². The van der Waals surface area contributed by atoms with Crippen molar-refractivity contribution in [2.45, 2.75) is 52.9 Å². The maximum absolute atomic E-state index is 12.8. The van der Waals surface area contributed by atoms with Crippen molar-refractivity contribution in [3.8, 4) is 0 Å². The first-order chi connectivity index (χ1) is 13.0. The number of allylic oxidation sites excluding steroid dienone is 12. The van der Waals surface area contributed by atoms with Crippen molar-refractivity contribution < 1.29 is 40.7 Å². The number of Topliss-reactive ketones (excluding diaryl/α,β-unsaturated/α-hetero) is 1. The van der Waals surface area contributed by atoms with Crippen LogP contribution in [0.25, 0.3) is 0 Å². The Morgan fingerprint density at radius 3 is 2.68 bits per heavy atom. The maximum atomic E-state index is 12.8. The summed E-state index contributed by atoms with van der Waals surface area (Å²) >= 11 is 0. The molecule has 2 nitrogen and oxygen atoms in total. The molecule has 0 N–H and O–H groups in total. The molecule has 0 aromatic heterocycles. The second kappa shape index (κ2) is 10.6. The van der Waals surface area contributed by atoms with Crippen molar-refractivity contribution in [1.82, 2.24) is 0 Å². The molecule has 0 heterocycles. The van der Waals surface area contributed by atoms with Gasteiger partial charge in [-0.25, -0.2) is 0 Å². The normalized spacial score (nSPS) is 28.3. The molecule has 2 bridgehead atoms. The SMILES string of the molecule is CC1=C(C2=[C-][C@H]3CC[C@H](C3)C2=O)C(C)CC(C2=CCC=CC=C2)=C1.C[C-]=O.[U+2]. The predicted octanol–water partition coefficient (Wildman–Crippen LogP) is 5.56. The van der Waals surface area contributed by atoms with Crippen LogP contribution in [0, 0.1) is 54.9 Å². The van der Waals surface area contributed by atoms with Gasteiger partial charge in [-0.05, 0) is 29.9 Å². The predicted molar refractivity (Wildman–Crippen MR) is 110 cm³/mol. The minimum atomic E-state index is 0. The summed E-state index contributed by atoms with van der Waals surface area (Å²) in [6.07, 6.45) is 23.5. The quantitative estimate of drug-likeness (QED) is 0.391. The summed E-state index contributed by atoms with van der Waals surface area (Å²) < 4.78 is 0. The van der Waals surface area contributed by atoms with E-state index < -0.39 is 0 Å². The Kier molecular flexibility index (Phi) is 8.72. The van der Waals surface area contributed by atoms with Crippen LogP contribution in [0.2, 0.25) is 0 Å². The average Bonchev–Trinajstić information content (AvgIpc) is 2.84.